The molecule has 3 aromatic heterocycles. The standard InChI is InChI=1S/C12H9N7/c1-2-4-9(5-3-1)14-12-17-16-11-7-6-10-15-13-8-18(10)19(11)12/h1-8H,(H,14,17). The van der Waals surface area contributed by atoms with Crippen LogP contribution >= 0.6 is 0 Å². The maximum Gasteiger partial charge on any atom is 0.249 e. The van der Waals surface area contributed by atoms with Crippen LogP contribution in [-0.2, 0) is 0 Å². The van der Waals surface area contributed by atoms with Crippen molar-refractivity contribution < 1.29 is 0 Å². The second-order valence-corrected chi connectivity index (χ2v) is 4.05. The Kier molecular flexibility index (Phi) is 1.99. The summed E-state index contributed by atoms with van der Waals surface area (Å²) in [5.41, 5.74) is 2.41. The molecule has 0 aliphatic carbocycles. The number of hydrogen-bond acceptors (Lipinski definition) is 5. The van der Waals surface area contributed by atoms with Gasteiger partial charge in [0.2, 0.25) is 5.95 Å². The highest BCUT2D eigenvalue weighted by atomic mass is 15.5. The summed E-state index contributed by atoms with van der Waals surface area (Å²) >= 11 is 0. The molecule has 0 spiro atoms. The van der Waals surface area contributed by atoms with E-state index in [-0.39, 0.29) is 0 Å². The van der Waals surface area contributed by atoms with E-state index in [4.69, 9.17) is 0 Å². The van der Waals surface area contributed by atoms with E-state index in [0.29, 0.717) is 5.95 Å². The van der Waals surface area contributed by atoms with E-state index in [0.717, 1.165) is 17.0 Å². The Morgan fingerprint density at radius 1 is 0.842 bits per heavy atom. The number of rotatable bonds is 2. The molecule has 92 valence electrons. The SMILES string of the molecule is c1ccc(Nc2nnc3ccc4nncn4n23)cc1. The van der Waals surface area contributed by atoms with Crippen LogP contribution < -0.4 is 5.32 Å². The van der Waals surface area contributed by atoms with Crippen molar-refractivity contribution in [2.45, 2.75) is 0 Å². The van der Waals surface area contributed by atoms with Crippen molar-refractivity contribution in [1.82, 2.24) is 29.4 Å². The van der Waals surface area contributed by atoms with Gasteiger partial charge in [-0.25, -0.2) is 4.52 Å². The number of benzene rings is 1. The topological polar surface area (TPSA) is 72.4 Å². The number of para-hydroxylation sites is 1. The molecule has 19 heavy (non-hydrogen) atoms. The zero-order valence-corrected chi connectivity index (χ0v) is 9.80. The Hall–Kier alpha value is -2.96. The molecule has 0 amide bonds. The average Bonchev–Trinajstić information content (AvgIpc) is 3.06. The lowest BCUT2D eigenvalue weighted by molar-refractivity contribution is 0.850. The third-order valence-electron chi connectivity index (χ3n) is 2.85. The molecule has 0 fully saturated rings. The molecule has 7 heteroatoms. The summed E-state index contributed by atoms with van der Waals surface area (Å²) in [6, 6.07) is 13.5. The molecule has 1 N–H and O–H groups in total. The monoisotopic (exact) mass is 251 g/mol. The molecule has 0 bridgehead atoms. The van der Waals surface area contributed by atoms with Gasteiger partial charge in [-0.3, -0.25) is 0 Å². The van der Waals surface area contributed by atoms with Crippen LogP contribution in [-0.4, -0.2) is 29.4 Å². The summed E-state index contributed by atoms with van der Waals surface area (Å²) in [5, 5.41) is 19.4. The van der Waals surface area contributed by atoms with Gasteiger partial charge in [0, 0.05) is 5.69 Å². The molecular weight excluding hydrogens is 242 g/mol. The molecule has 1 aromatic carbocycles. The van der Waals surface area contributed by atoms with Crippen molar-refractivity contribution in [3.63, 3.8) is 0 Å². The molecule has 0 radical (unpaired) electrons. The van der Waals surface area contributed by atoms with Crippen LogP contribution in [0.25, 0.3) is 11.3 Å². The van der Waals surface area contributed by atoms with E-state index < -0.39 is 0 Å². The number of aromatic nitrogens is 6. The third kappa shape index (κ3) is 1.52. The molecule has 3 heterocycles. The van der Waals surface area contributed by atoms with E-state index in [1.165, 1.54) is 0 Å². The molecule has 0 unspecified atom stereocenters. The molecular formula is C12H9N7. The predicted octanol–water partition coefficient (Wildman–Crippen LogP) is 1.52. The summed E-state index contributed by atoms with van der Waals surface area (Å²) in [6.07, 6.45) is 1.63. The van der Waals surface area contributed by atoms with Crippen LogP contribution in [0.3, 0.4) is 0 Å². The van der Waals surface area contributed by atoms with E-state index in [9.17, 15) is 0 Å². The van der Waals surface area contributed by atoms with Gasteiger partial charge >= 0.3 is 0 Å². The lowest BCUT2D eigenvalue weighted by Gasteiger charge is -2.05. The Labute approximate surface area is 107 Å². The number of anilines is 2. The Morgan fingerprint density at radius 3 is 2.58 bits per heavy atom. The van der Waals surface area contributed by atoms with Gasteiger partial charge in [-0.05, 0) is 24.3 Å². The number of fused-ring (bicyclic) bond motifs is 3. The first-order valence-electron chi connectivity index (χ1n) is 5.78. The van der Waals surface area contributed by atoms with E-state index in [1.807, 2.05) is 47.0 Å². The van der Waals surface area contributed by atoms with Crippen LogP contribution in [0, 0.1) is 0 Å². The van der Waals surface area contributed by atoms with Crippen LogP contribution in [0.1, 0.15) is 0 Å². The van der Waals surface area contributed by atoms with Crippen molar-refractivity contribution >= 4 is 22.9 Å². The maximum absolute atomic E-state index is 4.15. The lowest BCUT2D eigenvalue weighted by atomic mass is 10.3. The van der Waals surface area contributed by atoms with Crippen molar-refractivity contribution in [3.8, 4) is 0 Å². The number of hydrogen-bond donors (Lipinski definition) is 1. The average molecular weight is 251 g/mol. The second kappa shape index (κ2) is 3.77. The summed E-state index contributed by atoms with van der Waals surface area (Å²) in [7, 11) is 0. The summed E-state index contributed by atoms with van der Waals surface area (Å²) < 4.78 is 3.61. The first-order chi connectivity index (χ1) is 9.42. The third-order valence-corrected chi connectivity index (χ3v) is 2.85. The molecule has 7 nitrogen and oxygen atoms in total. The molecule has 0 saturated carbocycles. The summed E-state index contributed by atoms with van der Waals surface area (Å²) in [6.45, 7) is 0. The van der Waals surface area contributed by atoms with Crippen LogP contribution in [0.5, 0.6) is 0 Å². The highest BCUT2D eigenvalue weighted by Gasteiger charge is 2.09. The first kappa shape index (κ1) is 10.0. The van der Waals surface area contributed by atoms with Crippen molar-refractivity contribution in [1.29, 1.82) is 0 Å². The zero-order valence-electron chi connectivity index (χ0n) is 9.80. The van der Waals surface area contributed by atoms with Gasteiger partial charge in [0.1, 0.15) is 6.33 Å². The van der Waals surface area contributed by atoms with Gasteiger partial charge in [0.25, 0.3) is 0 Å². The largest absolute Gasteiger partial charge is 0.323 e. The minimum absolute atomic E-state index is 0.617. The molecule has 0 aliphatic heterocycles. The summed E-state index contributed by atoms with van der Waals surface area (Å²) in [5.74, 6) is 0.617. The van der Waals surface area contributed by atoms with E-state index in [1.54, 1.807) is 10.8 Å². The fourth-order valence-corrected chi connectivity index (χ4v) is 1.99. The van der Waals surface area contributed by atoms with Gasteiger partial charge in [-0.2, -0.15) is 4.52 Å². The smallest absolute Gasteiger partial charge is 0.249 e. The minimum Gasteiger partial charge on any atom is -0.323 e. The van der Waals surface area contributed by atoms with Gasteiger partial charge in [0.15, 0.2) is 11.3 Å². The van der Waals surface area contributed by atoms with Crippen molar-refractivity contribution in [2.24, 2.45) is 0 Å². The molecule has 0 atom stereocenters. The first-order valence-corrected chi connectivity index (χ1v) is 5.78. The quantitative estimate of drug-likeness (QED) is 0.584. The van der Waals surface area contributed by atoms with Crippen LogP contribution in [0.2, 0.25) is 0 Å². The normalized spacial score (nSPS) is 11.2. The predicted molar refractivity (Wildman–Crippen MR) is 69.3 cm³/mol. The zero-order chi connectivity index (χ0) is 12.7. The highest BCUT2D eigenvalue weighted by Crippen LogP contribution is 2.15. The van der Waals surface area contributed by atoms with Crippen molar-refractivity contribution in [2.75, 3.05) is 5.32 Å². The summed E-state index contributed by atoms with van der Waals surface area (Å²) in [4.78, 5) is 0. The van der Waals surface area contributed by atoms with Gasteiger partial charge in [-0.15, -0.1) is 20.4 Å². The molecule has 0 aliphatic rings. The second-order valence-electron chi connectivity index (χ2n) is 4.05. The Balaban J connectivity index is 1.92. The van der Waals surface area contributed by atoms with Crippen LogP contribution in [0.15, 0.2) is 48.8 Å². The fourth-order valence-electron chi connectivity index (χ4n) is 1.99. The highest BCUT2D eigenvalue weighted by molar-refractivity contribution is 5.57. The Bertz CT molecular complexity index is 846. The van der Waals surface area contributed by atoms with E-state index in [2.05, 4.69) is 25.7 Å². The minimum atomic E-state index is 0.617. The molecule has 4 aromatic rings. The molecule has 0 saturated heterocycles. The van der Waals surface area contributed by atoms with Gasteiger partial charge in [-0.1, -0.05) is 18.2 Å². The maximum atomic E-state index is 4.15. The number of nitrogens with one attached hydrogen (secondary N) is 1. The van der Waals surface area contributed by atoms with Gasteiger partial charge in [0.05, 0.1) is 0 Å². The Morgan fingerprint density at radius 2 is 1.68 bits per heavy atom. The molecule has 4 rings (SSSR count). The fraction of sp³-hybridized carbons (Fsp3) is 0. The van der Waals surface area contributed by atoms with E-state index >= 15 is 0 Å². The lowest BCUT2D eigenvalue weighted by Crippen LogP contribution is -2.03. The number of nitrogens with zero attached hydrogens (tertiary/aromatic N) is 6. The van der Waals surface area contributed by atoms with Crippen molar-refractivity contribution in [3.05, 3.63) is 48.8 Å². The van der Waals surface area contributed by atoms with Crippen LogP contribution in [0.4, 0.5) is 11.6 Å². The van der Waals surface area contributed by atoms with Gasteiger partial charge < -0.3 is 5.32 Å².